The molecule has 140 valence electrons. The molecule has 1 aliphatic rings. The van der Waals surface area contributed by atoms with Crippen LogP contribution in [0.15, 0.2) is 72.5 Å². The SMILES string of the molecule is CCc1ccc(/C=C2\Oc3cc(OCc4ccccc4C)ccc3C2=O)cc1. The van der Waals surface area contributed by atoms with Crippen molar-refractivity contribution in [1.82, 2.24) is 0 Å². The van der Waals surface area contributed by atoms with Crippen molar-refractivity contribution in [3.8, 4) is 11.5 Å². The van der Waals surface area contributed by atoms with Crippen LogP contribution in [0.5, 0.6) is 11.5 Å². The summed E-state index contributed by atoms with van der Waals surface area (Å²) in [6, 6.07) is 21.6. The van der Waals surface area contributed by atoms with E-state index in [4.69, 9.17) is 9.47 Å². The van der Waals surface area contributed by atoms with Gasteiger partial charge in [0.25, 0.3) is 0 Å². The van der Waals surface area contributed by atoms with Crippen molar-refractivity contribution in [1.29, 1.82) is 0 Å². The Morgan fingerprint density at radius 2 is 1.79 bits per heavy atom. The van der Waals surface area contributed by atoms with Crippen molar-refractivity contribution in [3.05, 3.63) is 100 Å². The molecular formula is C25H22O3. The zero-order valence-corrected chi connectivity index (χ0v) is 16.1. The number of hydrogen-bond acceptors (Lipinski definition) is 3. The van der Waals surface area contributed by atoms with Gasteiger partial charge < -0.3 is 9.47 Å². The van der Waals surface area contributed by atoms with Crippen LogP contribution in [0.2, 0.25) is 0 Å². The van der Waals surface area contributed by atoms with Crippen LogP contribution in [0, 0.1) is 6.92 Å². The summed E-state index contributed by atoms with van der Waals surface area (Å²) in [5.74, 6) is 1.47. The first kappa shape index (κ1) is 18.1. The Morgan fingerprint density at radius 1 is 1.00 bits per heavy atom. The van der Waals surface area contributed by atoms with Gasteiger partial charge >= 0.3 is 0 Å². The lowest BCUT2D eigenvalue weighted by Gasteiger charge is -2.09. The number of allylic oxidation sites excluding steroid dienone is 1. The summed E-state index contributed by atoms with van der Waals surface area (Å²) in [6.45, 7) is 4.66. The van der Waals surface area contributed by atoms with E-state index in [1.54, 1.807) is 18.2 Å². The minimum absolute atomic E-state index is 0.0972. The van der Waals surface area contributed by atoms with E-state index in [9.17, 15) is 4.79 Å². The van der Waals surface area contributed by atoms with Crippen molar-refractivity contribution < 1.29 is 14.3 Å². The Labute approximate surface area is 165 Å². The second-order valence-electron chi connectivity index (χ2n) is 6.91. The normalized spacial score (nSPS) is 14.1. The van der Waals surface area contributed by atoms with Gasteiger partial charge in [-0.05, 0) is 53.8 Å². The number of carbonyl (C=O) groups is 1. The monoisotopic (exact) mass is 370 g/mol. The average Bonchev–Trinajstić information content (AvgIpc) is 3.03. The van der Waals surface area contributed by atoms with Gasteiger partial charge in [-0.1, -0.05) is 55.5 Å². The van der Waals surface area contributed by atoms with Crippen molar-refractivity contribution in [2.45, 2.75) is 26.9 Å². The van der Waals surface area contributed by atoms with Crippen LogP contribution in [0.4, 0.5) is 0 Å². The summed E-state index contributed by atoms with van der Waals surface area (Å²) in [7, 11) is 0. The van der Waals surface area contributed by atoms with Crippen LogP contribution in [0.1, 0.15) is 39.5 Å². The van der Waals surface area contributed by atoms with Gasteiger partial charge in [0.2, 0.25) is 5.78 Å². The van der Waals surface area contributed by atoms with Gasteiger partial charge in [0.1, 0.15) is 18.1 Å². The number of hydrogen-bond donors (Lipinski definition) is 0. The standard InChI is InChI=1S/C25H22O3/c1-3-18-8-10-19(11-9-18)14-24-25(26)22-13-12-21(15-23(22)28-24)27-16-20-7-5-4-6-17(20)2/h4-15H,3,16H2,1-2H3/b24-14-. The fraction of sp³-hybridized carbons (Fsp3) is 0.160. The zero-order valence-electron chi connectivity index (χ0n) is 16.1. The molecule has 1 aliphatic heterocycles. The molecule has 0 bridgehead atoms. The fourth-order valence-electron chi connectivity index (χ4n) is 3.19. The van der Waals surface area contributed by atoms with Crippen LogP contribution < -0.4 is 9.47 Å². The van der Waals surface area contributed by atoms with Gasteiger partial charge in [-0.25, -0.2) is 0 Å². The molecule has 0 atom stereocenters. The van der Waals surface area contributed by atoms with Gasteiger partial charge in [0.05, 0.1) is 5.56 Å². The average molecular weight is 370 g/mol. The second-order valence-corrected chi connectivity index (χ2v) is 6.91. The van der Waals surface area contributed by atoms with Gasteiger partial charge in [-0.15, -0.1) is 0 Å². The summed E-state index contributed by atoms with van der Waals surface area (Å²) in [5.41, 5.74) is 5.11. The minimum atomic E-state index is -0.0972. The van der Waals surface area contributed by atoms with E-state index in [-0.39, 0.29) is 5.78 Å². The highest BCUT2D eigenvalue weighted by Crippen LogP contribution is 2.35. The molecule has 0 radical (unpaired) electrons. The first-order valence-corrected chi connectivity index (χ1v) is 9.48. The molecule has 1 heterocycles. The maximum atomic E-state index is 12.6. The third kappa shape index (κ3) is 3.70. The van der Waals surface area contributed by atoms with Gasteiger partial charge in [0, 0.05) is 6.07 Å². The van der Waals surface area contributed by atoms with Crippen molar-refractivity contribution in [2.24, 2.45) is 0 Å². The largest absolute Gasteiger partial charge is 0.489 e. The number of ether oxygens (including phenoxy) is 2. The summed E-state index contributed by atoms with van der Waals surface area (Å²) < 4.78 is 11.7. The first-order valence-electron chi connectivity index (χ1n) is 9.48. The third-order valence-corrected chi connectivity index (χ3v) is 4.98. The number of carbonyl (C=O) groups excluding carboxylic acids is 1. The topological polar surface area (TPSA) is 35.5 Å². The third-order valence-electron chi connectivity index (χ3n) is 4.98. The molecule has 3 aromatic carbocycles. The van der Waals surface area contributed by atoms with Crippen molar-refractivity contribution >= 4 is 11.9 Å². The molecule has 0 aromatic heterocycles. The Bertz CT molecular complexity index is 1050. The molecule has 3 aromatic rings. The fourth-order valence-corrected chi connectivity index (χ4v) is 3.19. The van der Waals surface area contributed by atoms with E-state index in [0.29, 0.717) is 29.4 Å². The van der Waals surface area contributed by atoms with Crippen LogP contribution >= 0.6 is 0 Å². The highest BCUT2D eigenvalue weighted by atomic mass is 16.5. The number of fused-ring (bicyclic) bond motifs is 1. The lowest BCUT2D eigenvalue weighted by molar-refractivity contribution is 0.101. The maximum absolute atomic E-state index is 12.6. The number of benzene rings is 3. The predicted molar refractivity (Wildman–Crippen MR) is 111 cm³/mol. The highest BCUT2D eigenvalue weighted by molar-refractivity contribution is 6.14. The smallest absolute Gasteiger partial charge is 0.231 e. The zero-order chi connectivity index (χ0) is 19.5. The predicted octanol–water partition coefficient (Wildman–Crippen LogP) is 5.75. The first-order chi connectivity index (χ1) is 13.6. The quantitative estimate of drug-likeness (QED) is 0.536. The number of Topliss-reactive ketones (excluding diaryl/α,β-unsaturated/α-hetero) is 1. The minimum Gasteiger partial charge on any atom is -0.489 e. The molecule has 0 spiro atoms. The molecule has 28 heavy (non-hydrogen) atoms. The lowest BCUT2D eigenvalue weighted by atomic mass is 10.1. The van der Waals surface area contributed by atoms with Crippen LogP contribution in [0.3, 0.4) is 0 Å². The van der Waals surface area contributed by atoms with Gasteiger partial charge in [-0.3, -0.25) is 4.79 Å². The molecule has 4 rings (SSSR count). The lowest BCUT2D eigenvalue weighted by Crippen LogP contribution is -1.98. The molecule has 0 saturated heterocycles. The summed E-state index contributed by atoms with van der Waals surface area (Å²) >= 11 is 0. The summed E-state index contributed by atoms with van der Waals surface area (Å²) in [5, 5.41) is 0. The van der Waals surface area contributed by atoms with Gasteiger partial charge in [0.15, 0.2) is 5.76 Å². The van der Waals surface area contributed by atoms with Crippen molar-refractivity contribution in [2.75, 3.05) is 0 Å². The molecule has 0 amide bonds. The molecule has 0 fully saturated rings. The number of rotatable bonds is 5. The van der Waals surface area contributed by atoms with Gasteiger partial charge in [-0.2, -0.15) is 0 Å². The second kappa shape index (κ2) is 7.73. The number of ketones is 1. The van der Waals surface area contributed by atoms with E-state index in [1.807, 2.05) is 36.4 Å². The van der Waals surface area contributed by atoms with E-state index in [0.717, 1.165) is 17.5 Å². The molecule has 0 unspecified atom stereocenters. The van der Waals surface area contributed by atoms with E-state index in [1.165, 1.54) is 11.1 Å². The maximum Gasteiger partial charge on any atom is 0.231 e. The number of aryl methyl sites for hydroxylation is 2. The molecular weight excluding hydrogens is 348 g/mol. The molecule has 3 heteroatoms. The summed E-state index contributed by atoms with van der Waals surface area (Å²) in [6.07, 6.45) is 2.78. The Morgan fingerprint density at radius 3 is 2.54 bits per heavy atom. The molecule has 0 aliphatic carbocycles. The van der Waals surface area contributed by atoms with Crippen LogP contribution in [0.25, 0.3) is 6.08 Å². The van der Waals surface area contributed by atoms with E-state index in [2.05, 4.69) is 32.0 Å². The Kier molecular flexibility index (Phi) is 4.98. The molecule has 3 nitrogen and oxygen atoms in total. The van der Waals surface area contributed by atoms with Crippen LogP contribution in [-0.4, -0.2) is 5.78 Å². The van der Waals surface area contributed by atoms with E-state index < -0.39 is 0 Å². The van der Waals surface area contributed by atoms with Crippen LogP contribution in [-0.2, 0) is 13.0 Å². The summed E-state index contributed by atoms with van der Waals surface area (Å²) in [4.78, 5) is 12.6. The van der Waals surface area contributed by atoms with E-state index >= 15 is 0 Å². The van der Waals surface area contributed by atoms with Crippen molar-refractivity contribution in [3.63, 3.8) is 0 Å². The Balaban J connectivity index is 1.50. The Hall–Kier alpha value is -3.33. The highest BCUT2D eigenvalue weighted by Gasteiger charge is 2.27. The molecule has 0 saturated carbocycles. The molecule has 0 N–H and O–H groups in total.